The molecule has 2 rings (SSSR count). The fraction of sp³-hybridized carbons (Fsp3) is 0.500. The van der Waals surface area contributed by atoms with Crippen LogP contribution in [0.1, 0.15) is 30.3 Å². The van der Waals surface area contributed by atoms with E-state index in [4.69, 9.17) is 0 Å². The summed E-state index contributed by atoms with van der Waals surface area (Å²) in [5.41, 5.74) is 3.61. The zero-order valence-electron chi connectivity index (χ0n) is 17.1. The van der Waals surface area contributed by atoms with E-state index >= 15 is 0 Å². The van der Waals surface area contributed by atoms with Crippen molar-refractivity contribution >= 4 is 41.7 Å². The van der Waals surface area contributed by atoms with Crippen LogP contribution in [0.2, 0.25) is 0 Å². The summed E-state index contributed by atoms with van der Waals surface area (Å²) >= 11 is 1.73. The average Bonchev–Trinajstić information content (AvgIpc) is 2.89. The maximum atomic E-state index is 12.9. The van der Waals surface area contributed by atoms with Crippen molar-refractivity contribution in [1.29, 1.82) is 0 Å². The molecule has 0 atom stereocenters. The molecule has 0 radical (unpaired) electrons. The number of benzene rings is 1. The summed E-state index contributed by atoms with van der Waals surface area (Å²) in [7, 11) is 1.98. The Morgan fingerprint density at radius 1 is 1.21 bits per heavy atom. The zero-order chi connectivity index (χ0) is 19.6. The first-order valence-electron chi connectivity index (χ1n) is 9.41. The van der Waals surface area contributed by atoms with Crippen LogP contribution >= 0.6 is 35.7 Å². The first-order valence-corrected chi connectivity index (χ1v) is 10.4. The molecular formula is C20H31FIN5S. The van der Waals surface area contributed by atoms with E-state index in [2.05, 4.69) is 41.5 Å². The van der Waals surface area contributed by atoms with Crippen LogP contribution in [0.5, 0.6) is 0 Å². The Hall–Kier alpha value is -1.29. The third-order valence-electron chi connectivity index (χ3n) is 4.33. The van der Waals surface area contributed by atoms with Gasteiger partial charge < -0.3 is 10.6 Å². The average molecular weight is 519 g/mol. The molecule has 0 saturated heterocycles. The number of rotatable bonds is 9. The summed E-state index contributed by atoms with van der Waals surface area (Å²) < 4.78 is 14.8. The van der Waals surface area contributed by atoms with Gasteiger partial charge in [-0.1, -0.05) is 0 Å². The summed E-state index contributed by atoms with van der Waals surface area (Å²) in [6, 6.07) is 6.63. The van der Waals surface area contributed by atoms with Gasteiger partial charge in [-0.25, -0.2) is 4.39 Å². The molecule has 156 valence electrons. The smallest absolute Gasteiger partial charge is 0.191 e. The highest BCUT2D eigenvalue weighted by molar-refractivity contribution is 14.0. The van der Waals surface area contributed by atoms with Gasteiger partial charge in [-0.2, -0.15) is 5.10 Å². The number of aliphatic imine (C=N–C) groups is 1. The molecule has 1 aromatic heterocycles. The SMILES string of the molecule is CCNC(=NCCCSc1ccc(F)cc1)NCCc1c(C)nn(C)c1C.I. The van der Waals surface area contributed by atoms with E-state index in [1.165, 1.54) is 23.4 Å². The highest BCUT2D eigenvalue weighted by Gasteiger charge is 2.09. The number of thioether (sulfide) groups is 1. The minimum absolute atomic E-state index is 0. The van der Waals surface area contributed by atoms with Crippen molar-refractivity contribution in [3.05, 3.63) is 47.0 Å². The molecule has 0 aliphatic rings. The second-order valence-electron chi connectivity index (χ2n) is 6.37. The summed E-state index contributed by atoms with van der Waals surface area (Å²) in [5, 5.41) is 11.2. The number of nitrogens with one attached hydrogen (secondary N) is 2. The van der Waals surface area contributed by atoms with Crippen LogP contribution in [-0.2, 0) is 13.5 Å². The van der Waals surface area contributed by atoms with Gasteiger partial charge >= 0.3 is 0 Å². The zero-order valence-corrected chi connectivity index (χ0v) is 20.2. The van der Waals surface area contributed by atoms with Crippen molar-refractivity contribution in [2.45, 2.75) is 38.5 Å². The third kappa shape index (κ3) is 7.98. The van der Waals surface area contributed by atoms with Gasteiger partial charge in [0.1, 0.15) is 5.82 Å². The standard InChI is InChI=1S/C20H30FN5S.HI/c1-5-22-20(24-13-11-19-15(2)25-26(4)16(19)3)23-12-6-14-27-18-9-7-17(21)8-10-18;/h7-10H,5-6,11-14H2,1-4H3,(H2,22,23,24);1H. The predicted molar refractivity (Wildman–Crippen MR) is 128 cm³/mol. The third-order valence-corrected chi connectivity index (χ3v) is 5.42. The molecule has 0 aliphatic heterocycles. The molecule has 0 saturated carbocycles. The van der Waals surface area contributed by atoms with Gasteiger partial charge in [0.15, 0.2) is 5.96 Å². The lowest BCUT2D eigenvalue weighted by atomic mass is 10.1. The molecule has 0 amide bonds. The van der Waals surface area contributed by atoms with E-state index in [0.717, 1.165) is 54.8 Å². The molecule has 1 heterocycles. The first-order chi connectivity index (χ1) is 13.0. The molecule has 2 N–H and O–H groups in total. The molecule has 0 unspecified atom stereocenters. The van der Waals surface area contributed by atoms with Crippen LogP contribution in [0.15, 0.2) is 34.2 Å². The predicted octanol–water partition coefficient (Wildman–Crippen LogP) is 4.07. The molecule has 1 aromatic carbocycles. The number of aromatic nitrogens is 2. The monoisotopic (exact) mass is 519 g/mol. The molecule has 8 heteroatoms. The molecule has 2 aromatic rings. The van der Waals surface area contributed by atoms with Crippen molar-refractivity contribution in [3.8, 4) is 0 Å². The molecule has 0 spiro atoms. The Bertz CT molecular complexity index is 746. The maximum Gasteiger partial charge on any atom is 0.191 e. The van der Waals surface area contributed by atoms with Crippen LogP contribution in [-0.4, -0.2) is 41.1 Å². The summed E-state index contributed by atoms with van der Waals surface area (Å²) in [4.78, 5) is 5.73. The molecule has 5 nitrogen and oxygen atoms in total. The number of hydrogen-bond donors (Lipinski definition) is 2. The van der Waals surface area contributed by atoms with Crippen molar-refractivity contribution in [3.63, 3.8) is 0 Å². The van der Waals surface area contributed by atoms with Gasteiger partial charge in [0, 0.05) is 37.3 Å². The van der Waals surface area contributed by atoms with Gasteiger partial charge in [0.2, 0.25) is 0 Å². The normalized spacial score (nSPS) is 11.2. The number of hydrogen-bond acceptors (Lipinski definition) is 3. The lowest BCUT2D eigenvalue weighted by Gasteiger charge is -2.11. The number of nitrogens with zero attached hydrogens (tertiary/aromatic N) is 3. The second-order valence-corrected chi connectivity index (χ2v) is 7.53. The second kappa shape index (κ2) is 13.0. The lowest BCUT2D eigenvalue weighted by molar-refractivity contribution is 0.626. The van der Waals surface area contributed by atoms with Crippen molar-refractivity contribution in [1.82, 2.24) is 20.4 Å². The van der Waals surface area contributed by atoms with Crippen molar-refractivity contribution in [2.75, 3.05) is 25.4 Å². The van der Waals surface area contributed by atoms with Gasteiger partial charge in [0.25, 0.3) is 0 Å². The molecular weight excluding hydrogens is 488 g/mol. The highest BCUT2D eigenvalue weighted by atomic mass is 127. The van der Waals surface area contributed by atoms with E-state index < -0.39 is 0 Å². The largest absolute Gasteiger partial charge is 0.357 e. The fourth-order valence-corrected chi connectivity index (χ4v) is 3.64. The Balaban J connectivity index is 0.00000392. The lowest BCUT2D eigenvalue weighted by Crippen LogP contribution is -2.38. The van der Waals surface area contributed by atoms with E-state index in [1.807, 2.05) is 23.9 Å². The topological polar surface area (TPSA) is 54.2 Å². The number of guanidine groups is 1. The molecule has 28 heavy (non-hydrogen) atoms. The van der Waals surface area contributed by atoms with Gasteiger partial charge in [0.05, 0.1) is 5.69 Å². The van der Waals surface area contributed by atoms with Crippen LogP contribution in [0.4, 0.5) is 4.39 Å². The minimum atomic E-state index is -0.193. The summed E-state index contributed by atoms with van der Waals surface area (Å²) in [6.07, 6.45) is 1.90. The van der Waals surface area contributed by atoms with E-state index in [9.17, 15) is 4.39 Å². The van der Waals surface area contributed by atoms with Gasteiger partial charge in [-0.15, -0.1) is 35.7 Å². The Morgan fingerprint density at radius 2 is 1.93 bits per heavy atom. The van der Waals surface area contributed by atoms with Gasteiger partial charge in [-0.05, 0) is 69.2 Å². The first kappa shape index (κ1) is 24.7. The van der Waals surface area contributed by atoms with Crippen LogP contribution in [0.25, 0.3) is 0 Å². The van der Waals surface area contributed by atoms with E-state index in [-0.39, 0.29) is 29.8 Å². The van der Waals surface area contributed by atoms with Crippen molar-refractivity contribution in [2.24, 2.45) is 12.0 Å². The number of halogens is 2. The Kier molecular flexibility index (Phi) is 11.5. The Morgan fingerprint density at radius 3 is 2.54 bits per heavy atom. The van der Waals surface area contributed by atoms with E-state index in [1.54, 1.807) is 11.8 Å². The fourth-order valence-electron chi connectivity index (χ4n) is 2.80. The van der Waals surface area contributed by atoms with Crippen LogP contribution < -0.4 is 10.6 Å². The summed E-state index contributed by atoms with van der Waals surface area (Å²) in [5.74, 6) is 1.62. The van der Waals surface area contributed by atoms with Crippen LogP contribution in [0, 0.1) is 19.7 Å². The van der Waals surface area contributed by atoms with Crippen LogP contribution in [0.3, 0.4) is 0 Å². The number of aryl methyl sites for hydroxylation is 2. The Labute approximate surface area is 189 Å². The molecule has 0 fully saturated rings. The maximum absolute atomic E-state index is 12.9. The van der Waals surface area contributed by atoms with E-state index in [0.29, 0.717) is 0 Å². The molecule has 0 aliphatic carbocycles. The van der Waals surface area contributed by atoms with Crippen molar-refractivity contribution < 1.29 is 4.39 Å². The minimum Gasteiger partial charge on any atom is -0.357 e. The quantitative estimate of drug-likeness (QED) is 0.173. The van der Waals surface area contributed by atoms with Gasteiger partial charge in [-0.3, -0.25) is 9.67 Å². The summed E-state index contributed by atoms with van der Waals surface area (Å²) in [6.45, 7) is 8.64. The highest BCUT2D eigenvalue weighted by Crippen LogP contribution is 2.18. The molecule has 0 bridgehead atoms.